The van der Waals surface area contributed by atoms with E-state index in [0.717, 1.165) is 31.2 Å². The first kappa shape index (κ1) is 20.1. The van der Waals surface area contributed by atoms with Crippen molar-refractivity contribution in [2.75, 3.05) is 26.7 Å². The van der Waals surface area contributed by atoms with Gasteiger partial charge in [-0.1, -0.05) is 30.3 Å². The summed E-state index contributed by atoms with van der Waals surface area (Å²) in [5, 5.41) is 4.93. The van der Waals surface area contributed by atoms with Crippen molar-refractivity contribution in [2.24, 2.45) is 5.41 Å². The lowest BCUT2D eigenvalue weighted by molar-refractivity contribution is -0.148. The predicted molar refractivity (Wildman–Crippen MR) is 115 cm³/mol. The molecule has 154 valence electrons. The van der Waals surface area contributed by atoms with E-state index in [0.29, 0.717) is 26.1 Å². The Kier molecular flexibility index (Phi) is 6.01. The number of amides is 2. The molecule has 1 aromatic carbocycles. The molecule has 2 aliphatic heterocycles. The average molecular weight is 413 g/mol. The maximum absolute atomic E-state index is 13.0. The molecule has 5 nitrogen and oxygen atoms in total. The Hall–Kier alpha value is -2.18. The highest BCUT2D eigenvalue weighted by atomic mass is 32.1. The summed E-state index contributed by atoms with van der Waals surface area (Å²) in [6.07, 6.45) is 3.63. The van der Waals surface area contributed by atoms with Gasteiger partial charge in [0, 0.05) is 31.6 Å². The number of thiophene rings is 1. The summed E-state index contributed by atoms with van der Waals surface area (Å²) in [4.78, 5) is 29.0. The molecule has 3 heterocycles. The quantitative estimate of drug-likeness (QED) is 0.818. The van der Waals surface area contributed by atoms with Gasteiger partial charge in [-0.05, 0) is 54.7 Å². The van der Waals surface area contributed by atoms with Crippen molar-refractivity contribution in [1.29, 1.82) is 0 Å². The van der Waals surface area contributed by atoms with E-state index in [2.05, 4.69) is 47.1 Å². The van der Waals surface area contributed by atoms with Crippen LogP contribution >= 0.6 is 11.3 Å². The van der Waals surface area contributed by atoms with E-state index in [9.17, 15) is 9.59 Å². The number of carbonyl (C=O) groups excluding carboxylic acids is 2. The molecule has 2 aromatic rings. The van der Waals surface area contributed by atoms with Crippen molar-refractivity contribution in [1.82, 2.24) is 10.2 Å². The van der Waals surface area contributed by atoms with Gasteiger partial charge in [-0.15, -0.1) is 11.3 Å². The Bertz CT molecular complexity index is 844. The monoisotopic (exact) mass is 412 g/mol. The molecule has 4 rings (SSSR count). The largest absolute Gasteiger partial charge is 0.368 e. The Morgan fingerprint density at radius 3 is 2.72 bits per heavy atom. The lowest BCUT2D eigenvalue weighted by Gasteiger charge is -2.42. The van der Waals surface area contributed by atoms with Gasteiger partial charge < -0.3 is 15.0 Å². The number of nitrogens with zero attached hydrogens (tertiary/aromatic N) is 1. The number of carbonyl (C=O) groups is 2. The number of ether oxygens (including phenoxy) is 1. The normalized spacial score (nSPS) is 24.4. The summed E-state index contributed by atoms with van der Waals surface area (Å²) >= 11 is 1.72. The molecule has 0 spiro atoms. The highest BCUT2D eigenvalue weighted by Gasteiger charge is 2.44. The number of rotatable bonds is 5. The van der Waals surface area contributed by atoms with Crippen molar-refractivity contribution in [2.45, 2.75) is 38.2 Å². The van der Waals surface area contributed by atoms with Crippen LogP contribution in [0, 0.1) is 5.41 Å². The van der Waals surface area contributed by atoms with Crippen molar-refractivity contribution in [3.8, 4) is 10.4 Å². The molecule has 0 unspecified atom stereocenters. The zero-order valence-corrected chi connectivity index (χ0v) is 17.7. The van der Waals surface area contributed by atoms with Gasteiger partial charge in [0.1, 0.15) is 6.10 Å². The van der Waals surface area contributed by atoms with E-state index in [4.69, 9.17) is 4.74 Å². The van der Waals surface area contributed by atoms with E-state index < -0.39 is 5.41 Å². The number of nitrogens with one attached hydrogen (secondary N) is 1. The molecule has 1 aromatic heterocycles. The third-order valence-electron chi connectivity index (χ3n) is 6.10. The smallest absolute Gasteiger partial charge is 0.251 e. The Labute approximate surface area is 176 Å². The zero-order valence-electron chi connectivity index (χ0n) is 16.9. The molecule has 2 aliphatic rings. The second kappa shape index (κ2) is 8.67. The summed E-state index contributed by atoms with van der Waals surface area (Å²) < 4.78 is 5.60. The highest BCUT2D eigenvalue weighted by molar-refractivity contribution is 7.13. The molecule has 2 fully saturated rings. The van der Waals surface area contributed by atoms with Gasteiger partial charge in [0.25, 0.3) is 5.91 Å². The second-order valence-electron chi connectivity index (χ2n) is 8.08. The number of likely N-dealkylation sites (tertiary alicyclic amines) is 1. The van der Waals surface area contributed by atoms with Crippen LogP contribution in [0.1, 0.15) is 31.2 Å². The van der Waals surface area contributed by atoms with Crippen LogP contribution in [0.25, 0.3) is 10.4 Å². The third kappa shape index (κ3) is 4.23. The molecule has 6 heteroatoms. The van der Waals surface area contributed by atoms with Crippen LogP contribution in [0.15, 0.2) is 41.8 Å². The molecule has 1 N–H and O–H groups in total. The van der Waals surface area contributed by atoms with Gasteiger partial charge in [0.15, 0.2) is 0 Å². The molecule has 0 bridgehead atoms. The summed E-state index contributed by atoms with van der Waals surface area (Å²) in [6.45, 7) is 1.81. The number of benzene rings is 1. The zero-order chi connectivity index (χ0) is 20.3. The fourth-order valence-corrected chi connectivity index (χ4v) is 5.32. The molecule has 0 saturated carbocycles. The molecule has 0 radical (unpaired) electrons. The average Bonchev–Trinajstić information content (AvgIpc) is 3.47. The van der Waals surface area contributed by atoms with E-state index in [1.165, 1.54) is 10.4 Å². The Balaban J connectivity index is 1.53. The lowest BCUT2D eigenvalue weighted by atomic mass is 9.74. The number of hydrogen-bond acceptors (Lipinski definition) is 4. The maximum Gasteiger partial charge on any atom is 0.251 e. The standard InChI is InChI=1S/C23H28N2O3S/c1-24-22(27)23(11-4-12-25(16-23)21(26)19-5-2-13-28-19)15-17-7-9-18(10-8-17)20-6-3-14-29-20/h3,6-10,14,19H,2,4-5,11-13,15-16H2,1H3,(H,24,27)/t19-,23+/m0/s1. The fraction of sp³-hybridized carbons (Fsp3) is 0.478. The predicted octanol–water partition coefficient (Wildman–Crippen LogP) is 3.49. The van der Waals surface area contributed by atoms with Crippen molar-refractivity contribution in [3.63, 3.8) is 0 Å². The third-order valence-corrected chi connectivity index (χ3v) is 7.02. The summed E-state index contributed by atoms with van der Waals surface area (Å²) in [7, 11) is 1.69. The minimum atomic E-state index is -0.592. The summed E-state index contributed by atoms with van der Waals surface area (Å²) in [5.41, 5.74) is 1.73. The Morgan fingerprint density at radius 2 is 2.07 bits per heavy atom. The van der Waals surface area contributed by atoms with Crippen LogP contribution < -0.4 is 5.32 Å². The van der Waals surface area contributed by atoms with Gasteiger partial charge in [-0.2, -0.15) is 0 Å². The lowest BCUT2D eigenvalue weighted by Crippen LogP contribution is -2.55. The topological polar surface area (TPSA) is 58.6 Å². The fourth-order valence-electron chi connectivity index (χ4n) is 4.59. The SMILES string of the molecule is CNC(=O)[C@@]1(Cc2ccc(-c3cccs3)cc2)CCCN(C(=O)[C@@H]2CCCO2)C1. The molecule has 2 amide bonds. The minimum absolute atomic E-state index is 0.0182. The summed E-state index contributed by atoms with van der Waals surface area (Å²) in [6, 6.07) is 12.6. The number of piperidine rings is 1. The maximum atomic E-state index is 13.0. The van der Waals surface area contributed by atoms with E-state index in [1.54, 1.807) is 18.4 Å². The van der Waals surface area contributed by atoms with E-state index in [1.807, 2.05) is 4.90 Å². The molecular formula is C23H28N2O3S. The molecular weight excluding hydrogens is 384 g/mol. The van der Waals surface area contributed by atoms with Gasteiger partial charge in [0.2, 0.25) is 5.91 Å². The number of hydrogen-bond donors (Lipinski definition) is 1. The first-order valence-electron chi connectivity index (χ1n) is 10.4. The van der Waals surface area contributed by atoms with Crippen LogP contribution in [0.5, 0.6) is 0 Å². The molecule has 29 heavy (non-hydrogen) atoms. The van der Waals surface area contributed by atoms with Crippen LogP contribution in [0.2, 0.25) is 0 Å². The van der Waals surface area contributed by atoms with Crippen molar-refractivity contribution >= 4 is 23.2 Å². The summed E-state index contributed by atoms with van der Waals surface area (Å²) in [5.74, 6) is 0.0631. The molecule has 2 saturated heterocycles. The molecule has 2 atom stereocenters. The van der Waals surface area contributed by atoms with E-state index in [-0.39, 0.29) is 17.9 Å². The van der Waals surface area contributed by atoms with Crippen LogP contribution in [-0.2, 0) is 20.7 Å². The van der Waals surface area contributed by atoms with Gasteiger partial charge >= 0.3 is 0 Å². The van der Waals surface area contributed by atoms with Crippen LogP contribution in [-0.4, -0.2) is 49.6 Å². The van der Waals surface area contributed by atoms with Gasteiger partial charge in [-0.25, -0.2) is 0 Å². The van der Waals surface area contributed by atoms with Crippen molar-refractivity contribution < 1.29 is 14.3 Å². The minimum Gasteiger partial charge on any atom is -0.368 e. The Morgan fingerprint density at radius 1 is 1.24 bits per heavy atom. The van der Waals surface area contributed by atoms with Crippen LogP contribution in [0.3, 0.4) is 0 Å². The van der Waals surface area contributed by atoms with Crippen LogP contribution in [0.4, 0.5) is 0 Å². The highest BCUT2D eigenvalue weighted by Crippen LogP contribution is 2.36. The second-order valence-corrected chi connectivity index (χ2v) is 9.02. The van der Waals surface area contributed by atoms with Gasteiger partial charge in [-0.3, -0.25) is 9.59 Å². The molecule has 0 aliphatic carbocycles. The van der Waals surface area contributed by atoms with Crippen molar-refractivity contribution in [3.05, 3.63) is 47.3 Å². The first-order valence-corrected chi connectivity index (χ1v) is 11.2. The van der Waals surface area contributed by atoms with E-state index >= 15 is 0 Å². The first-order chi connectivity index (χ1) is 14.1. The van der Waals surface area contributed by atoms with Gasteiger partial charge in [0.05, 0.1) is 5.41 Å².